The van der Waals surface area contributed by atoms with Gasteiger partial charge in [-0.3, -0.25) is 0 Å². The Kier molecular flexibility index (Phi) is 3.81. The van der Waals surface area contributed by atoms with Gasteiger partial charge in [0, 0.05) is 22.5 Å². The second-order valence-corrected chi connectivity index (χ2v) is 6.10. The van der Waals surface area contributed by atoms with Crippen LogP contribution in [0.25, 0.3) is 0 Å². The summed E-state index contributed by atoms with van der Waals surface area (Å²) in [6.45, 7) is 2.17. The van der Waals surface area contributed by atoms with Gasteiger partial charge in [-0.15, -0.1) is 0 Å². The Morgan fingerprint density at radius 3 is 2.80 bits per heavy atom. The average Bonchev–Trinajstić information content (AvgIpc) is 2.47. The number of rotatable bonds is 2. The Morgan fingerprint density at radius 1 is 1.20 bits per heavy atom. The molecule has 2 nitrogen and oxygen atoms in total. The highest BCUT2D eigenvalue weighted by atomic mass is 79.9. The Hall–Kier alpha value is -1.32. The minimum absolute atomic E-state index is 0.0196. The van der Waals surface area contributed by atoms with Gasteiger partial charge >= 0.3 is 0 Å². The molecule has 0 aliphatic carbocycles. The van der Waals surface area contributed by atoms with Crippen molar-refractivity contribution in [2.24, 2.45) is 5.73 Å². The van der Waals surface area contributed by atoms with Gasteiger partial charge in [0.25, 0.3) is 0 Å². The third kappa shape index (κ3) is 2.48. The molecule has 0 amide bonds. The van der Waals surface area contributed by atoms with E-state index >= 15 is 0 Å². The lowest BCUT2D eigenvalue weighted by Crippen LogP contribution is -2.24. The van der Waals surface area contributed by atoms with E-state index in [1.807, 2.05) is 12.1 Å². The van der Waals surface area contributed by atoms with E-state index < -0.39 is 0 Å². The summed E-state index contributed by atoms with van der Waals surface area (Å²) in [5, 5.41) is 0. The Labute approximate surface area is 128 Å². The molecule has 0 spiro atoms. The van der Waals surface area contributed by atoms with Gasteiger partial charge in [-0.05, 0) is 35.7 Å². The molecule has 20 heavy (non-hydrogen) atoms. The molecular formula is C17H18BrNO. The second-order valence-electron chi connectivity index (χ2n) is 5.18. The molecule has 2 N–H and O–H groups in total. The first-order chi connectivity index (χ1) is 9.69. The zero-order chi connectivity index (χ0) is 14.1. The molecule has 0 aromatic heterocycles. The van der Waals surface area contributed by atoms with Crippen LogP contribution in [-0.2, 0) is 6.42 Å². The summed E-state index contributed by atoms with van der Waals surface area (Å²) in [6.07, 6.45) is 1.88. The van der Waals surface area contributed by atoms with Crippen LogP contribution in [0.15, 0.2) is 46.9 Å². The van der Waals surface area contributed by atoms with Crippen molar-refractivity contribution in [1.82, 2.24) is 0 Å². The lowest BCUT2D eigenvalue weighted by Gasteiger charge is -2.31. The molecule has 2 aromatic rings. The summed E-state index contributed by atoms with van der Waals surface area (Å²) < 4.78 is 7.23. The molecule has 104 valence electrons. The van der Waals surface area contributed by atoms with E-state index in [-0.39, 0.29) is 12.1 Å². The van der Waals surface area contributed by atoms with Gasteiger partial charge in [-0.25, -0.2) is 0 Å². The van der Waals surface area contributed by atoms with Gasteiger partial charge in [-0.1, -0.05) is 47.1 Å². The number of hydrogen-bond donors (Lipinski definition) is 1. The number of benzene rings is 2. The third-order valence-electron chi connectivity index (χ3n) is 3.89. The molecule has 2 unspecified atom stereocenters. The fraction of sp³-hybridized carbons (Fsp3) is 0.294. The maximum Gasteiger partial charge on any atom is 0.126 e. The molecule has 0 saturated carbocycles. The van der Waals surface area contributed by atoms with Crippen LogP contribution < -0.4 is 10.5 Å². The van der Waals surface area contributed by atoms with E-state index in [4.69, 9.17) is 10.5 Å². The predicted molar refractivity (Wildman–Crippen MR) is 84.9 cm³/mol. The highest BCUT2D eigenvalue weighted by Gasteiger charge is 2.28. The summed E-state index contributed by atoms with van der Waals surface area (Å²) in [7, 11) is 0. The predicted octanol–water partition coefficient (Wildman–Crippen LogP) is 4.54. The minimum atomic E-state index is 0.0196. The Balaban J connectivity index is 1.97. The zero-order valence-corrected chi connectivity index (χ0v) is 13.1. The molecule has 0 saturated heterocycles. The number of aryl methyl sites for hydroxylation is 1. The van der Waals surface area contributed by atoms with Crippen molar-refractivity contribution >= 4 is 15.9 Å². The van der Waals surface area contributed by atoms with Crippen molar-refractivity contribution in [2.45, 2.75) is 31.9 Å². The third-order valence-corrected chi connectivity index (χ3v) is 4.38. The quantitative estimate of drug-likeness (QED) is 0.877. The molecule has 0 bridgehead atoms. The molecule has 0 radical (unpaired) electrons. The Bertz CT molecular complexity index is 626. The minimum Gasteiger partial charge on any atom is -0.485 e. The highest BCUT2D eigenvalue weighted by Crippen LogP contribution is 2.41. The van der Waals surface area contributed by atoms with Gasteiger partial charge < -0.3 is 10.5 Å². The van der Waals surface area contributed by atoms with Crippen LogP contribution in [0.2, 0.25) is 0 Å². The molecular weight excluding hydrogens is 314 g/mol. The van der Waals surface area contributed by atoms with E-state index in [0.717, 1.165) is 28.6 Å². The SMILES string of the molecule is CCc1ccccc1C1CC(N)c2cc(Br)ccc2O1. The number of ether oxygens (including phenoxy) is 1. The fourth-order valence-electron chi connectivity index (χ4n) is 2.84. The fourth-order valence-corrected chi connectivity index (χ4v) is 3.21. The standard InChI is InChI=1S/C17H18BrNO/c1-2-11-5-3-4-6-13(11)17-10-15(19)14-9-12(18)7-8-16(14)20-17/h3-9,15,17H,2,10,19H2,1H3. The summed E-state index contributed by atoms with van der Waals surface area (Å²) in [6, 6.07) is 14.5. The maximum atomic E-state index is 6.33. The molecule has 1 aliphatic heterocycles. The maximum absolute atomic E-state index is 6.33. The van der Waals surface area contributed by atoms with Crippen LogP contribution in [0.1, 0.15) is 42.2 Å². The topological polar surface area (TPSA) is 35.2 Å². The van der Waals surface area contributed by atoms with E-state index in [1.165, 1.54) is 11.1 Å². The van der Waals surface area contributed by atoms with Crippen molar-refractivity contribution in [3.63, 3.8) is 0 Å². The molecule has 1 heterocycles. The molecule has 3 heteroatoms. The average molecular weight is 332 g/mol. The lowest BCUT2D eigenvalue weighted by molar-refractivity contribution is 0.160. The smallest absolute Gasteiger partial charge is 0.126 e. The van der Waals surface area contributed by atoms with E-state index in [0.29, 0.717) is 0 Å². The molecule has 1 aliphatic rings. The first kappa shape index (κ1) is 13.7. The first-order valence-electron chi connectivity index (χ1n) is 6.98. The van der Waals surface area contributed by atoms with E-state index in [1.54, 1.807) is 0 Å². The van der Waals surface area contributed by atoms with Crippen molar-refractivity contribution in [3.05, 3.63) is 63.6 Å². The highest BCUT2D eigenvalue weighted by molar-refractivity contribution is 9.10. The van der Waals surface area contributed by atoms with Crippen molar-refractivity contribution in [1.29, 1.82) is 0 Å². The zero-order valence-electron chi connectivity index (χ0n) is 11.5. The lowest BCUT2D eigenvalue weighted by atomic mass is 9.91. The van der Waals surface area contributed by atoms with Crippen LogP contribution in [0.4, 0.5) is 0 Å². The summed E-state index contributed by atoms with van der Waals surface area (Å²) in [4.78, 5) is 0. The largest absolute Gasteiger partial charge is 0.485 e. The molecule has 0 fully saturated rings. The van der Waals surface area contributed by atoms with Crippen LogP contribution in [0.3, 0.4) is 0 Å². The molecule has 2 aromatic carbocycles. The van der Waals surface area contributed by atoms with E-state index in [9.17, 15) is 0 Å². The summed E-state index contributed by atoms with van der Waals surface area (Å²) in [5.74, 6) is 0.905. The van der Waals surface area contributed by atoms with Crippen molar-refractivity contribution in [2.75, 3.05) is 0 Å². The number of fused-ring (bicyclic) bond motifs is 1. The number of halogens is 1. The summed E-state index contributed by atoms with van der Waals surface area (Å²) >= 11 is 3.49. The second kappa shape index (κ2) is 5.58. The summed E-state index contributed by atoms with van der Waals surface area (Å²) in [5.41, 5.74) is 10.0. The van der Waals surface area contributed by atoms with Gasteiger partial charge in [0.1, 0.15) is 11.9 Å². The normalized spacial score (nSPS) is 21.1. The van der Waals surface area contributed by atoms with Gasteiger partial charge in [0.2, 0.25) is 0 Å². The first-order valence-corrected chi connectivity index (χ1v) is 7.78. The van der Waals surface area contributed by atoms with Crippen LogP contribution in [-0.4, -0.2) is 0 Å². The van der Waals surface area contributed by atoms with Gasteiger partial charge in [0.15, 0.2) is 0 Å². The van der Waals surface area contributed by atoms with Crippen LogP contribution in [0, 0.1) is 0 Å². The van der Waals surface area contributed by atoms with Crippen molar-refractivity contribution < 1.29 is 4.74 Å². The molecule has 3 rings (SSSR count). The van der Waals surface area contributed by atoms with Crippen molar-refractivity contribution in [3.8, 4) is 5.75 Å². The van der Waals surface area contributed by atoms with Crippen LogP contribution >= 0.6 is 15.9 Å². The number of nitrogens with two attached hydrogens (primary N) is 1. The van der Waals surface area contributed by atoms with E-state index in [2.05, 4.69) is 53.2 Å². The van der Waals surface area contributed by atoms with Crippen LogP contribution in [0.5, 0.6) is 5.75 Å². The van der Waals surface area contributed by atoms with Gasteiger partial charge in [0.05, 0.1) is 0 Å². The monoisotopic (exact) mass is 331 g/mol. The van der Waals surface area contributed by atoms with Gasteiger partial charge in [-0.2, -0.15) is 0 Å². The number of hydrogen-bond acceptors (Lipinski definition) is 2. The Morgan fingerprint density at radius 2 is 2.00 bits per heavy atom. The molecule has 2 atom stereocenters.